The molecule has 0 bridgehead atoms. The van der Waals surface area contributed by atoms with E-state index >= 15 is 0 Å². The van der Waals surface area contributed by atoms with Crippen molar-refractivity contribution >= 4 is 34.3 Å². The van der Waals surface area contributed by atoms with Crippen molar-refractivity contribution in [2.45, 2.75) is 25.5 Å². The van der Waals surface area contributed by atoms with E-state index in [1.54, 1.807) is 11.5 Å². The second-order valence-electron chi connectivity index (χ2n) is 3.69. The van der Waals surface area contributed by atoms with Gasteiger partial charge in [-0.1, -0.05) is 24.0 Å². The Hall–Kier alpha value is -0.810. The molecule has 0 spiro atoms. The van der Waals surface area contributed by atoms with Crippen molar-refractivity contribution in [2.24, 2.45) is 0 Å². The molecule has 0 unspecified atom stereocenters. The highest BCUT2D eigenvalue weighted by Gasteiger charge is 2.31. The molecule has 88 valence electrons. The van der Waals surface area contributed by atoms with Crippen molar-refractivity contribution in [3.8, 4) is 0 Å². The van der Waals surface area contributed by atoms with Crippen LogP contribution in [0.5, 0.6) is 0 Å². The van der Waals surface area contributed by atoms with E-state index in [-0.39, 0.29) is 5.97 Å². The number of rotatable bonds is 3. The van der Waals surface area contributed by atoms with Gasteiger partial charge in [-0.2, -0.15) is 0 Å². The van der Waals surface area contributed by atoms with E-state index in [1.807, 2.05) is 38.4 Å². The van der Waals surface area contributed by atoms with Crippen molar-refractivity contribution in [3.05, 3.63) is 24.5 Å². The molecule has 0 aromatic carbocycles. The summed E-state index contributed by atoms with van der Waals surface area (Å²) in [5, 5.41) is 0. The zero-order valence-electron chi connectivity index (χ0n) is 9.60. The molecule has 3 nitrogen and oxygen atoms in total. The molecule has 0 N–H and O–H groups in total. The number of thiocarbonyl (C=S) groups is 1. The van der Waals surface area contributed by atoms with Crippen LogP contribution in [0.4, 0.5) is 0 Å². The highest BCUT2D eigenvalue weighted by molar-refractivity contribution is 8.24. The van der Waals surface area contributed by atoms with Crippen LogP contribution < -0.4 is 0 Å². The third-order valence-corrected chi connectivity index (χ3v) is 3.45. The fraction of sp³-hybridized carbons (Fsp3) is 0.455. The van der Waals surface area contributed by atoms with Crippen molar-refractivity contribution < 1.29 is 9.53 Å². The highest BCUT2D eigenvalue weighted by Crippen LogP contribution is 2.28. The van der Waals surface area contributed by atoms with Crippen LogP contribution in [-0.4, -0.2) is 26.2 Å². The lowest BCUT2D eigenvalue weighted by molar-refractivity contribution is -0.145. The van der Waals surface area contributed by atoms with Gasteiger partial charge in [0.15, 0.2) is 0 Å². The second-order valence-corrected chi connectivity index (χ2v) is 5.95. The van der Waals surface area contributed by atoms with Gasteiger partial charge in [0.2, 0.25) is 0 Å². The zero-order valence-corrected chi connectivity index (χ0v) is 11.2. The van der Waals surface area contributed by atoms with Gasteiger partial charge in [-0.05, 0) is 32.9 Å². The summed E-state index contributed by atoms with van der Waals surface area (Å²) in [6.45, 7) is 5.80. The number of esters is 1. The molecule has 0 radical (unpaired) electrons. The molecule has 0 saturated heterocycles. The van der Waals surface area contributed by atoms with Crippen molar-refractivity contribution in [3.63, 3.8) is 0 Å². The Balaban J connectivity index is 2.66. The van der Waals surface area contributed by atoms with E-state index in [9.17, 15) is 4.79 Å². The Bertz CT molecular complexity index is 371. The molecule has 5 heteroatoms. The number of hydrogen-bond donors (Lipinski definition) is 0. The molecular formula is C11H15NO2S2. The van der Waals surface area contributed by atoms with Crippen LogP contribution in [0, 0.1) is 0 Å². The maximum atomic E-state index is 11.7. The fourth-order valence-electron chi connectivity index (χ4n) is 1.07. The van der Waals surface area contributed by atoms with Gasteiger partial charge in [0, 0.05) is 12.4 Å². The van der Waals surface area contributed by atoms with E-state index in [0.717, 1.165) is 0 Å². The van der Waals surface area contributed by atoms with Crippen molar-refractivity contribution in [1.29, 1.82) is 0 Å². The Labute approximate surface area is 105 Å². The van der Waals surface area contributed by atoms with Gasteiger partial charge in [-0.3, -0.25) is 4.79 Å². The molecule has 0 aliphatic heterocycles. The average Bonchev–Trinajstić information content (AvgIpc) is 2.70. The summed E-state index contributed by atoms with van der Waals surface area (Å²) in [4.78, 5) is 11.7. The molecule has 16 heavy (non-hydrogen) atoms. The number of aromatic nitrogens is 1. The molecule has 0 amide bonds. The number of hydrogen-bond acceptors (Lipinski definition) is 4. The van der Waals surface area contributed by atoms with E-state index in [4.69, 9.17) is 17.0 Å². The minimum atomic E-state index is -0.655. The van der Waals surface area contributed by atoms with Crippen LogP contribution in [0.25, 0.3) is 0 Å². The number of ether oxygens (including phenoxy) is 1. The van der Waals surface area contributed by atoms with Gasteiger partial charge in [0.05, 0.1) is 6.61 Å². The lowest BCUT2D eigenvalue weighted by Gasteiger charge is -2.21. The SMILES string of the molecule is CCOC(=O)C(C)(C)SC(=S)n1cccc1. The molecular weight excluding hydrogens is 242 g/mol. The maximum absolute atomic E-state index is 11.7. The van der Waals surface area contributed by atoms with E-state index in [1.165, 1.54) is 11.8 Å². The minimum absolute atomic E-state index is 0.241. The molecule has 0 atom stereocenters. The van der Waals surface area contributed by atoms with Crippen LogP contribution in [0.1, 0.15) is 20.8 Å². The zero-order chi connectivity index (χ0) is 12.2. The van der Waals surface area contributed by atoms with Crippen LogP contribution in [0.15, 0.2) is 24.5 Å². The summed E-state index contributed by atoms with van der Waals surface area (Å²) in [6, 6.07) is 3.79. The highest BCUT2D eigenvalue weighted by atomic mass is 32.2. The Morgan fingerprint density at radius 2 is 2.00 bits per heavy atom. The molecule has 0 fully saturated rings. The predicted octanol–water partition coefficient (Wildman–Crippen LogP) is 2.70. The summed E-state index contributed by atoms with van der Waals surface area (Å²) in [7, 11) is 0. The van der Waals surface area contributed by atoms with Crippen molar-refractivity contribution in [1.82, 2.24) is 4.57 Å². The summed E-state index contributed by atoms with van der Waals surface area (Å²) in [5.41, 5.74) is 0. The van der Waals surface area contributed by atoms with Gasteiger partial charge in [-0.15, -0.1) is 0 Å². The van der Waals surface area contributed by atoms with E-state index in [0.29, 0.717) is 10.9 Å². The number of carbonyl (C=O) groups excluding carboxylic acids is 1. The van der Waals surface area contributed by atoms with Crippen molar-refractivity contribution in [2.75, 3.05) is 6.61 Å². The van der Waals surface area contributed by atoms with Gasteiger partial charge in [-0.25, -0.2) is 0 Å². The fourth-order valence-corrected chi connectivity index (χ4v) is 2.63. The van der Waals surface area contributed by atoms with Crippen LogP contribution >= 0.6 is 24.0 Å². The first-order valence-corrected chi connectivity index (χ1v) is 6.23. The minimum Gasteiger partial charge on any atom is -0.465 e. The first-order valence-electron chi connectivity index (χ1n) is 5.01. The molecule has 0 saturated carbocycles. The van der Waals surface area contributed by atoms with Gasteiger partial charge < -0.3 is 9.30 Å². The van der Waals surface area contributed by atoms with Crippen LogP contribution in [0.2, 0.25) is 0 Å². The normalized spacial score (nSPS) is 11.2. The topological polar surface area (TPSA) is 31.2 Å². The van der Waals surface area contributed by atoms with Gasteiger partial charge in [0.1, 0.15) is 9.07 Å². The maximum Gasteiger partial charge on any atom is 0.322 e. The Morgan fingerprint density at radius 3 is 2.50 bits per heavy atom. The Morgan fingerprint density at radius 1 is 1.44 bits per heavy atom. The summed E-state index contributed by atoms with van der Waals surface area (Å²) < 4.78 is 6.79. The monoisotopic (exact) mass is 257 g/mol. The number of carbonyl (C=O) groups is 1. The smallest absolute Gasteiger partial charge is 0.322 e. The number of nitrogens with zero attached hydrogens (tertiary/aromatic N) is 1. The average molecular weight is 257 g/mol. The Kier molecular flexibility index (Phi) is 4.56. The lowest BCUT2D eigenvalue weighted by Crippen LogP contribution is -2.32. The molecule has 1 rings (SSSR count). The predicted molar refractivity (Wildman–Crippen MR) is 70.7 cm³/mol. The summed E-state index contributed by atoms with van der Waals surface area (Å²) in [5.74, 6) is -0.241. The van der Waals surface area contributed by atoms with E-state index < -0.39 is 4.75 Å². The number of thioether (sulfide) groups is 1. The third kappa shape index (κ3) is 3.35. The van der Waals surface area contributed by atoms with E-state index in [2.05, 4.69) is 0 Å². The second kappa shape index (κ2) is 5.50. The third-order valence-electron chi connectivity index (χ3n) is 1.92. The van der Waals surface area contributed by atoms with Gasteiger partial charge in [0.25, 0.3) is 0 Å². The van der Waals surface area contributed by atoms with Crippen LogP contribution in [-0.2, 0) is 9.53 Å². The first kappa shape index (κ1) is 13.3. The largest absolute Gasteiger partial charge is 0.465 e. The molecule has 1 aromatic heterocycles. The molecule has 0 aliphatic rings. The molecule has 0 aliphatic carbocycles. The standard InChI is InChI=1S/C11H15NO2S2/c1-4-14-9(13)11(2,3)16-10(15)12-7-5-6-8-12/h5-8H,4H2,1-3H3. The summed E-state index contributed by atoms with van der Waals surface area (Å²) in [6.07, 6.45) is 3.72. The summed E-state index contributed by atoms with van der Waals surface area (Å²) >= 11 is 6.57. The molecule has 1 aromatic rings. The quantitative estimate of drug-likeness (QED) is 0.615. The molecule has 1 heterocycles. The van der Waals surface area contributed by atoms with Gasteiger partial charge >= 0.3 is 5.97 Å². The first-order chi connectivity index (χ1) is 7.47. The van der Waals surface area contributed by atoms with Crippen LogP contribution in [0.3, 0.4) is 0 Å². The lowest BCUT2D eigenvalue weighted by atomic mass is 10.2.